The number of halogens is 6. The minimum atomic E-state index is -4.69. The van der Waals surface area contributed by atoms with E-state index in [0.717, 1.165) is 38.5 Å². The molecule has 3 nitrogen and oxygen atoms in total. The van der Waals surface area contributed by atoms with Crippen LogP contribution in [0.3, 0.4) is 0 Å². The molecule has 0 saturated heterocycles. The number of Topliss-reactive ketones (excluding diaryl/α,β-unsaturated/α-hetero) is 1. The van der Waals surface area contributed by atoms with Gasteiger partial charge in [0.15, 0.2) is 0 Å². The predicted octanol–water partition coefficient (Wildman–Crippen LogP) is 6.22. The van der Waals surface area contributed by atoms with Gasteiger partial charge in [-0.2, -0.15) is 26.3 Å². The van der Waals surface area contributed by atoms with Gasteiger partial charge in [-0.3, -0.25) is 4.79 Å². The van der Waals surface area contributed by atoms with Crippen molar-refractivity contribution in [3.63, 3.8) is 0 Å². The highest BCUT2D eigenvalue weighted by Gasteiger charge is 2.37. The Kier molecular flexibility index (Phi) is 6.73. The largest absolute Gasteiger partial charge is 0.496 e. The Morgan fingerprint density at radius 1 is 0.733 bits per heavy atom. The Hall–Kier alpha value is -2.71. The monoisotopic (exact) mass is 434 g/mol. The molecule has 0 fully saturated rings. The van der Waals surface area contributed by atoms with Crippen molar-refractivity contribution >= 4 is 5.78 Å². The van der Waals surface area contributed by atoms with E-state index < -0.39 is 41.1 Å². The van der Waals surface area contributed by atoms with Crippen molar-refractivity contribution in [1.82, 2.24) is 0 Å². The van der Waals surface area contributed by atoms with Crippen molar-refractivity contribution < 1.29 is 40.6 Å². The van der Waals surface area contributed by atoms with Crippen molar-refractivity contribution in [1.29, 1.82) is 0 Å². The molecule has 2 aromatic carbocycles. The SMILES string of the molecule is COc1ccc(C(C)C(=O)C(C)c2ccc(OC)c(C(F)(F)F)c2)cc1C(F)(F)F. The highest BCUT2D eigenvalue weighted by Crippen LogP contribution is 2.40. The summed E-state index contributed by atoms with van der Waals surface area (Å²) in [5.41, 5.74) is -1.88. The molecule has 0 N–H and O–H groups in total. The third-order valence-corrected chi connectivity index (χ3v) is 4.91. The van der Waals surface area contributed by atoms with Crippen LogP contribution in [0.25, 0.3) is 0 Å². The van der Waals surface area contributed by atoms with Crippen LogP contribution in [-0.4, -0.2) is 20.0 Å². The average Bonchev–Trinajstić information content (AvgIpc) is 2.69. The number of alkyl halides is 6. The quantitative estimate of drug-likeness (QED) is 0.507. The predicted molar refractivity (Wildman–Crippen MR) is 97.8 cm³/mol. The van der Waals surface area contributed by atoms with Crippen LogP contribution in [0.5, 0.6) is 11.5 Å². The Labute approximate surface area is 169 Å². The number of carbonyl (C=O) groups excluding carboxylic acids is 1. The fourth-order valence-electron chi connectivity index (χ4n) is 3.14. The lowest BCUT2D eigenvalue weighted by Crippen LogP contribution is -2.18. The standard InChI is InChI=1S/C21H20F6O3/c1-11(13-5-7-17(29-3)15(9-13)20(22,23)24)19(28)12(2)14-6-8-18(30-4)16(10-14)21(25,26)27/h5-12H,1-4H3. The fourth-order valence-corrected chi connectivity index (χ4v) is 3.14. The minimum Gasteiger partial charge on any atom is -0.496 e. The normalized spacial score (nSPS) is 14.2. The average molecular weight is 434 g/mol. The van der Waals surface area contributed by atoms with Crippen molar-refractivity contribution in [2.45, 2.75) is 38.0 Å². The number of carbonyl (C=O) groups is 1. The summed E-state index contributed by atoms with van der Waals surface area (Å²) in [6, 6.07) is 6.53. The molecule has 0 radical (unpaired) electrons. The molecule has 0 heterocycles. The molecule has 0 amide bonds. The van der Waals surface area contributed by atoms with E-state index in [9.17, 15) is 31.1 Å². The third-order valence-electron chi connectivity index (χ3n) is 4.91. The van der Waals surface area contributed by atoms with E-state index in [4.69, 9.17) is 9.47 Å². The highest BCUT2D eigenvalue weighted by molar-refractivity contribution is 5.91. The van der Waals surface area contributed by atoms with Gasteiger partial charge in [0.1, 0.15) is 17.3 Å². The molecular formula is C21H20F6O3. The first-order valence-corrected chi connectivity index (χ1v) is 8.85. The van der Waals surface area contributed by atoms with Gasteiger partial charge in [-0.15, -0.1) is 0 Å². The first-order valence-electron chi connectivity index (χ1n) is 8.85. The van der Waals surface area contributed by atoms with Crippen molar-refractivity contribution in [2.24, 2.45) is 0 Å². The molecule has 0 aliphatic rings. The summed E-state index contributed by atoms with van der Waals surface area (Å²) in [4.78, 5) is 12.8. The van der Waals surface area contributed by atoms with Crippen LogP contribution in [0.15, 0.2) is 36.4 Å². The molecule has 2 aromatic rings. The second kappa shape index (κ2) is 8.57. The van der Waals surface area contributed by atoms with E-state index >= 15 is 0 Å². The van der Waals surface area contributed by atoms with Crippen molar-refractivity contribution in [3.05, 3.63) is 58.7 Å². The van der Waals surface area contributed by atoms with Crippen LogP contribution in [0, 0.1) is 0 Å². The summed E-state index contributed by atoms with van der Waals surface area (Å²) < 4.78 is 88.9. The van der Waals surface area contributed by atoms with Gasteiger partial charge in [-0.05, 0) is 35.4 Å². The maximum absolute atomic E-state index is 13.2. The second-order valence-electron chi connectivity index (χ2n) is 6.76. The molecule has 2 unspecified atom stereocenters. The molecule has 9 heteroatoms. The summed E-state index contributed by atoms with van der Waals surface area (Å²) >= 11 is 0. The maximum atomic E-state index is 13.2. The number of hydrogen-bond donors (Lipinski definition) is 0. The topological polar surface area (TPSA) is 35.5 Å². The fraction of sp³-hybridized carbons (Fsp3) is 0.381. The number of ketones is 1. The summed E-state index contributed by atoms with van der Waals surface area (Å²) in [6.45, 7) is 2.82. The maximum Gasteiger partial charge on any atom is 0.419 e. The van der Waals surface area contributed by atoms with Crippen molar-refractivity contribution in [3.8, 4) is 11.5 Å². The molecule has 0 aliphatic heterocycles. The Balaban J connectivity index is 2.39. The molecule has 0 aromatic heterocycles. The van der Waals surface area contributed by atoms with Crippen LogP contribution < -0.4 is 9.47 Å². The first kappa shape index (κ1) is 23.6. The second-order valence-corrected chi connectivity index (χ2v) is 6.76. The van der Waals surface area contributed by atoms with E-state index in [1.165, 1.54) is 26.0 Å². The number of hydrogen-bond acceptors (Lipinski definition) is 3. The van der Waals surface area contributed by atoms with Gasteiger partial charge in [0.05, 0.1) is 25.3 Å². The van der Waals surface area contributed by atoms with E-state index in [1.807, 2.05) is 0 Å². The number of rotatable bonds is 6. The summed E-state index contributed by atoms with van der Waals surface area (Å²) in [5.74, 6) is -3.26. The number of methoxy groups -OCH3 is 2. The number of benzene rings is 2. The van der Waals surface area contributed by atoms with Crippen LogP contribution in [0.4, 0.5) is 26.3 Å². The van der Waals surface area contributed by atoms with E-state index in [1.54, 1.807) is 0 Å². The molecule has 0 aliphatic carbocycles. The Morgan fingerprint density at radius 2 is 1.07 bits per heavy atom. The van der Waals surface area contributed by atoms with Gasteiger partial charge in [-0.25, -0.2) is 0 Å². The smallest absolute Gasteiger partial charge is 0.419 e. The van der Waals surface area contributed by atoms with Crippen LogP contribution in [-0.2, 0) is 17.1 Å². The van der Waals surface area contributed by atoms with E-state index in [-0.39, 0.29) is 22.6 Å². The van der Waals surface area contributed by atoms with E-state index in [0.29, 0.717) is 0 Å². The molecule has 0 spiro atoms. The number of ether oxygens (including phenoxy) is 2. The Bertz CT molecular complexity index is 844. The molecule has 2 atom stereocenters. The van der Waals surface area contributed by atoms with E-state index in [2.05, 4.69) is 0 Å². The summed E-state index contributed by atoms with van der Waals surface area (Å²) in [5, 5.41) is 0. The third kappa shape index (κ3) is 4.88. The van der Waals surface area contributed by atoms with Gasteiger partial charge < -0.3 is 9.47 Å². The first-order chi connectivity index (χ1) is 13.8. The van der Waals surface area contributed by atoms with Gasteiger partial charge in [0.2, 0.25) is 0 Å². The highest BCUT2D eigenvalue weighted by atomic mass is 19.4. The zero-order valence-corrected chi connectivity index (χ0v) is 16.6. The molecule has 0 saturated carbocycles. The van der Waals surface area contributed by atoms with Gasteiger partial charge >= 0.3 is 12.4 Å². The summed E-state index contributed by atoms with van der Waals surface area (Å²) in [7, 11) is 2.20. The molecule has 164 valence electrons. The lowest BCUT2D eigenvalue weighted by atomic mass is 9.84. The van der Waals surface area contributed by atoms with Crippen LogP contribution >= 0.6 is 0 Å². The minimum absolute atomic E-state index is 0.0875. The van der Waals surface area contributed by atoms with Crippen LogP contribution in [0.2, 0.25) is 0 Å². The van der Waals surface area contributed by atoms with Gasteiger partial charge in [-0.1, -0.05) is 26.0 Å². The lowest BCUT2D eigenvalue weighted by molar-refractivity contribution is -0.139. The lowest BCUT2D eigenvalue weighted by Gasteiger charge is -2.21. The van der Waals surface area contributed by atoms with Gasteiger partial charge in [0.25, 0.3) is 0 Å². The van der Waals surface area contributed by atoms with Gasteiger partial charge in [0, 0.05) is 11.8 Å². The zero-order chi connectivity index (χ0) is 22.9. The summed E-state index contributed by atoms with van der Waals surface area (Å²) in [6.07, 6.45) is -9.37. The zero-order valence-electron chi connectivity index (χ0n) is 16.6. The molecular weight excluding hydrogens is 414 g/mol. The molecule has 30 heavy (non-hydrogen) atoms. The Morgan fingerprint density at radius 3 is 1.33 bits per heavy atom. The molecule has 2 rings (SSSR count). The van der Waals surface area contributed by atoms with Crippen molar-refractivity contribution in [2.75, 3.05) is 14.2 Å². The van der Waals surface area contributed by atoms with Crippen LogP contribution in [0.1, 0.15) is 47.9 Å². The molecule has 0 bridgehead atoms.